The lowest BCUT2D eigenvalue weighted by atomic mass is 10.3. The first kappa shape index (κ1) is 16.0. The van der Waals surface area contributed by atoms with E-state index in [9.17, 15) is 9.00 Å². The number of anilines is 1. The summed E-state index contributed by atoms with van der Waals surface area (Å²) in [6.07, 6.45) is 6.23. The first-order valence-corrected chi connectivity index (χ1v) is 8.27. The molecule has 24 heavy (non-hydrogen) atoms. The summed E-state index contributed by atoms with van der Waals surface area (Å²) in [4.78, 5) is 26.4. The smallest absolute Gasteiger partial charge is 0.276 e. The van der Waals surface area contributed by atoms with Crippen LogP contribution in [0.1, 0.15) is 10.5 Å². The summed E-state index contributed by atoms with van der Waals surface area (Å²) >= 11 is 0. The van der Waals surface area contributed by atoms with E-state index in [0.717, 1.165) is 0 Å². The lowest BCUT2D eigenvalue weighted by molar-refractivity contribution is 0.0984. The molecule has 3 rings (SSSR count). The van der Waals surface area contributed by atoms with Crippen molar-refractivity contribution in [3.8, 4) is 0 Å². The van der Waals surface area contributed by atoms with Gasteiger partial charge in [-0.15, -0.1) is 0 Å². The fraction of sp³-hybridized carbons (Fsp3) is 0.125. The SMILES string of the molecule is CN(C(=O)c1cnc(S(=O)c2ccccn2)n1C)c1cccnc1. The highest BCUT2D eigenvalue weighted by Crippen LogP contribution is 2.17. The molecule has 3 heterocycles. The van der Waals surface area contributed by atoms with Crippen LogP contribution in [0.25, 0.3) is 0 Å². The van der Waals surface area contributed by atoms with Gasteiger partial charge in [0.15, 0.2) is 0 Å². The van der Waals surface area contributed by atoms with E-state index in [0.29, 0.717) is 16.4 Å². The van der Waals surface area contributed by atoms with Crippen LogP contribution in [0.15, 0.2) is 65.3 Å². The van der Waals surface area contributed by atoms with Crippen molar-refractivity contribution in [2.45, 2.75) is 10.2 Å². The maximum atomic E-state index is 12.7. The molecular formula is C16H15N5O2S. The molecule has 1 amide bonds. The molecule has 1 atom stereocenters. The second kappa shape index (κ2) is 6.71. The van der Waals surface area contributed by atoms with Crippen LogP contribution < -0.4 is 4.90 Å². The van der Waals surface area contributed by atoms with E-state index in [1.165, 1.54) is 15.7 Å². The van der Waals surface area contributed by atoms with E-state index in [-0.39, 0.29) is 11.1 Å². The van der Waals surface area contributed by atoms with Gasteiger partial charge in [0.05, 0.1) is 18.1 Å². The van der Waals surface area contributed by atoms with Crippen LogP contribution in [0.5, 0.6) is 0 Å². The molecule has 0 saturated carbocycles. The first-order chi connectivity index (χ1) is 11.6. The van der Waals surface area contributed by atoms with Crippen LogP contribution in [0, 0.1) is 0 Å². The Kier molecular flexibility index (Phi) is 4.48. The first-order valence-electron chi connectivity index (χ1n) is 7.12. The Labute approximate surface area is 141 Å². The number of nitrogens with zero attached hydrogens (tertiary/aromatic N) is 5. The maximum absolute atomic E-state index is 12.7. The zero-order chi connectivity index (χ0) is 17.1. The number of aromatic nitrogens is 4. The van der Waals surface area contributed by atoms with Crippen LogP contribution in [0.2, 0.25) is 0 Å². The van der Waals surface area contributed by atoms with Gasteiger partial charge in [-0.05, 0) is 24.3 Å². The van der Waals surface area contributed by atoms with E-state index in [1.54, 1.807) is 63.0 Å². The predicted molar refractivity (Wildman–Crippen MR) is 89.1 cm³/mol. The second-order valence-electron chi connectivity index (χ2n) is 5.00. The Balaban J connectivity index is 1.90. The van der Waals surface area contributed by atoms with Gasteiger partial charge in [-0.2, -0.15) is 0 Å². The third-order valence-electron chi connectivity index (χ3n) is 3.50. The minimum Gasteiger partial charge on any atom is -0.316 e. The summed E-state index contributed by atoms with van der Waals surface area (Å²) in [5, 5.41) is 0.669. The molecule has 0 bridgehead atoms. The van der Waals surface area contributed by atoms with Gasteiger partial charge in [0.1, 0.15) is 21.5 Å². The molecule has 0 spiro atoms. The minimum absolute atomic E-state index is 0.262. The van der Waals surface area contributed by atoms with Gasteiger partial charge in [-0.25, -0.2) is 14.2 Å². The molecule has 0 aliphatic rings. The Morgan fingerprint density at radius 2 is 1.96 bits per heavy atom. The molecule has 0 aromatic carbocycles. The van der Waals surface area contributed by atoms with Crippen molar-refractivity contribution in [3.05, 3.63) is 60.8 Å². The highest BCUT2D eigenvalue weighted by atomic mass is 32.2. The quantitative estimate of drug-likeness (QED) is 0.721. The standard InChI is InChI=1S/C16H15N5O2S/c1-20(12-6-5-8-17-10-12)15(22)13-11-19-16(21(13)2)24(23)14-7-3-4-9-18-14/h3-11H,1-2H3. The zero-order valence-electron chi connectivity index (χ0n) is 13.2. The Hall–Kier alpha value is -2.87. The molecule has 0 aliphatic heterocycles. The summed E-state index contributed by atoms with van der Waals surface area (Å²) in [5.41, 5.74) is 0.997. The number of pyridine rings is 2. The van der Waals surface area contributed by atoms with Crippen LogP contribution in [-0.4, -0.2) is 36.7 Å². The Morgan fingerprint density at radius 1 is 1.12 bits per heavy atom. The molecule has 0 radical (unpaired) electrons. The van der Waals surface area contributed by atoms with Crippen LogP contribution in [0.3, 0.4) is 0 Å². The highest BCUT2D eigenvalue weighted by molar-refractivity contribution is 7.84. The maximum Gasteiger partial charge on any atom is 0.276 e. The van der Waals surface area contributed by atoms with Crippen LogP contribution in [-0.2, 0) is 17.8 Å². The molecule has 3 aromatic heterocycles. The van der Waals surface area contributed by atoms with Gasteiger partial charge in [0.25, 0.3) is 5.91 Å². The lowest BCUT2D eigenvalue weighted by Gasteiger charge is -2.16. The van der Waals surface area contributed by atoms with Crippen molar-refractivity contribution in [1.82, 2.24) is 19.5 Å². The summed E-state index contributed by atoms with van der Waals surface area (Å²) in [7, 11) is 1.76. The number of amides is 1. The average molecular weight is 341 g/mol. The van der Waals surface area contributed by atoms with Gasteiger partial charge in [0, 0.05) is 26.5 Å². The summed E-state index contributed by atoms with van der Waals surface area (Å²) in [6.45, 7) is 0. The van der Waals surface area contributed by atoms with Crippen molar-refractivity contribution in [2.24, 2.45) is 7.05 Å². The van der Waals surface area contributed by atoms with Crippen molar-refractivity contribution >= 4 is 22.4 Å². The van der Waals surface area contributed by atoms with Crippen molar-refractivity contribution in [3.63, 3.8) is 0 Å². The monoisotopic (exact) mass is 341 g/mol. The molecule has 0 N–H and O–H groups in total. The molecule has 122 valence electrons. The number of rotatable bonds is 4. The summed E-state index contributed by atoms with van der Waals surface area (Å²) in [6, 6.07) is 8.70. The van der Waals surface area contributed by atoms with E-state index in [4.69, 9.17) is 0 Å². The largest absolute Gasteiger partial charge is 0.316 e. The van der Waals surface area contributed by atoms with E-state index in [1.807, 2.05) is 0 Å². The van der Waals surface area contributed by atoms with Crippen molar-refractivity contribution < 1.29 is 9.00 Å². The minimum atomic E-state index is -1.55. The molecule has 8 heteroatoms. The van der Waals surface area contributed by atoms with Crippen LogP contribution >= 0.6 is 0 Å². The third-order valence-corrected chi connectivity index (χ3v) is 4.83. The Morgan fingerprint density at radius 3 is 2.62 bits per heavy atom. The normalized spacial score (nSPS) is 11.9. The third kappa shape index (κ3) is 2.95. The highest BCUT2D eigenvalue weighted by Gasteiger charge is 2.22. The van der Waals surface area contributed by atoms with Crippen molar-refractivity contribution in [2.75, 3.05) is 11.9 Å². The van der Waals surface area contributed by atoms with Gasteiger partial charge in [0.2, 0.25) is 5.16 Å². The topological polar surface area (TPSA) is 81.0 Å². The number of hydrogen-bond acceptors (Lipinski definition) is 5. The fourth-order valence-electron chi connectivity index (χ4n) is 2.16. The molecule has 1 unspecified atom stereocenters. The molecule has 0 fully saturated rings. The number of imidazole rings is 1. The molecule has 0 aliphatic carbocycles. The number of carbonyl (C=O) groups is 1. The molecule has 0 saturated heterocycles. The molecule has 3 aromatic rings. The van der Waals surface area contributed by atoms with Gasteiger partial charge >= 0.3 is 0 Å². The average Bonchev–Trinajstić information content (AvgIpc) is 3.02. The lowest BCUT2D eigenvalue weighted by Crippen LogP contribution is -2.28. The summed E-state index contributed by atoms with van der Waals surface area (Å²) in [5.74, 6) is -0.262. The fourth-order valence-corrected chi connectivity index (χ4v) is 3.20. The summed E-state index contributed by atoms with van der Waals surface area (Å²) < 4.78 is 14.1. The number of carbonyl (C=O) groups excluding carboxylic acids is 1. The Bertz CT molecular complexity index is 880. The van der Waals surface area contributed by atoms with Crippen molar-refractivity contribution in [1.29, 1.82) is 0 Å². The van der Waals surface area contributed by atoms with Crippen LogP contribution in [0.4, 0.5) is 5.69 Å². The second-order valence-corrected chi connectivity index (χ2v) is 6.32. The van der Waals surface area contributed by atoms with Gasteiger partial charge in [-0.3, -0.25) is 9.78 Å². The van der Waals surface area contributed by atoms with Gasteiger partial charge in [-0.1, -0.05) is 6.07 Å². The van der Waals surface area contributed by atoms with E-state index in [2.05, 4.69) is 15.0 Å². The number of hydrogen-bond donors (Lipinski definition) is 0. The van der Waals surface area contributed by atoms with E-state index >= 15 is 0 Å². The molecular weight excluding hydrogens is 326 g/mol. The molecule has 7 nitrogen and oxygen atoms in total. The van der Waals surface area contributed by atoms with Gasteiger partial charge < -0.3 is 9.47 Å². The van der Waals surface area contributed by atoms with E-state index < -0.39 is 10.8 Å². The zero-order valence-corrected chi connectivity index (χ0v) is 14.0. The predicted octanol–water partition coefficient (Wildman–Crippen LogP) is 1.65.